The molecule has 0 amide bonds. The molecule has 1 aliphatic heterocycles. The molecule has 2 saturated carbocycles. The molecule has 0 radical (unpaired) electrons. The van der Waals surface area contributed by atoms with Crippen LogP contribution in [-0.4, -0.2) is 36.2 Å². The monoisotopic (exact) mass is 222 g/mol. The van der Waals surface area contributed by atoms with Crippen molar-refractivity contribution in [1.29, 1.82) is 0 Å². The third-order valence-corrected chi connectivity index (χ3v) is 5.21. The van der Waals surface area contributed by atoms with Crippen molar-refractivity contribution in [1.82, 2.24) is 9.80 Å². The molecule has 0 spiro atoms. The maximum absolute atomic E-state index is 2.69. The number of nitrogens with zero attached hydrogens (tertiary/aromatic N) is 2. The Kier molecular flexibility index (Phi) is 2.97. The van der Waals surface area contributed by atoms with Gasteiger partial charge in [0.25, 0.3) is 0 Å². The minimum absolute atomic E-state index is 0.919. The predicted octanol–water partition coefficient (Wildman–Crippen LogP) is 2.75. The normalized spacial score (nSPS) is 46.1. The highest BCUT2D eigenvalue weighted by molar-refractivity contribution is 4.90. The molecule has 1 saturated heterocycles. The summed E-state index contributed by atoms with van der Waals surface area (Å²) in [6.45, 7) is 4.90. The minimum atomic E-state index is 0.919. The first-order valence-corrected chi connectivity index (χ1v) is 7.15. The zero-order valence-electron chi connectivity index (χ0n) is 10.9. The van der Waals surface area contributed by atoms with Crippen molar-refractivity contribution < 1.29 is 0 Å². The minimum Gasteiger partial charge on any atom is -0.280 e. The van der Waals surface area contributed by atoms with Crippen LogP contribution in [-0.2, 0) is 0 Å². The van der Waals surface area contributed by atoms with Gasteiger partial charge >= 0.3 is 0 Å². The second-order valence-corrected chi connectivity index (χ2v) is 6.63. The highest BCUT2D eigenvalue weighted by atomic mass is 15.5. The standard InChI is InChI=1S/C14H26N2/c1-11-3-4-12-5-6-14(8-13(12)7-11)16-9-15(2)10-16/h11-14H,3-10H2,1-2H3. The third-order valence-electron chi connectivity index (χ3n) is 5.21. The Morgan fingerprint density at radius 2 is 1.62 bits per heavy atom. The highest BCUT2D eigenvalue weighted by Crippen LogP contribution is 2.44. The van der Waals surface area contributed by atoms with E-state index in [0.29, 0.717) is 0 Å². The maximum atomic E-state index is 2.69. The molecule has 92 valence electrons. The Morgan fingerprint density at radius 3 is 2.38 bits per heavy atom. The summed E-state index contributed by atoms with van der Waals surface area (Å²) in [5.74, 6) is 3.15. The van der Waals surface area contributed by atoms with Gasteiger partial charge in [-0.2, -0.15) is 0 Å². The molecular weight excluding hydrogens is 196 g/mol. The molecule has 0 N–H and O–H groups in total. The Hall–Kier alpha value is -0.0800. The van der Waals surface area contributed by atoms with Crippen LogP contribution in [0.15, 0.2) is 0 Å². The molecule has 2 nitrogen and oxygen atoms in total. The lowest BCUT2D eigenvalue weighted by molar-refractivity contribution is -0.0688. The number of hydrogen-bond donors (Lipinski definition) is 0. The molecule has 3 aliphatic rings. The Labute approximate surface area is 100.0 Å². The first-order chi connectivity index (χ1) is 7.72. The van der Waals surface area contributed by atoms with Crippen molar-refractivity contribution in [2.24, 2.45) is 17.8 Å². The molecule has 2 aliphatic carbocycles. The molecular formula is C14H26N2. The topological polar surface area (TPSA) is 6.48 Å². The van der Waals surface area contributed by atoms with E-state index in [1.54, 1.807) is 0 Å². The van der Waals surface area contributed by atoms with Crippen LogP contribution in [0.25, 0.3) is 0 Å². The van der Waals surface area contributed by atoms with Crippen molar-refractivity contribution >= 4 is 0 Å². The Bertz CT molecular complexity index is 247. The van der Waals surface area contributed by atoms with E-state index in [4.69, 9.17) is 0 Å². The predicted molar refractivity (Wildman–Crippen MR) is 67.0 cm³/mol. The molecule has 4 atom stereocenters. The third kappa shape index (κ3) is 2.02. The molecule has 0 bridgehead atoms. The summed E-state index contributed by atoms with van der Waals surface area (Å²) in [6.07, 6.45) is 9.04. The highest BCUT2D eigenvalue weighted by Gasteiger charge is 2.38. The summed E-state index contributed by atoms with van der Waals surface area (Å²) in [4.78, 5) is 5.10. The Morgan fingerprint density at radius 1 is 0.875 bits per heavy atom. The molecule has 1 heterocycles. The number of rotatable bonds is 1. The van der Waals surface area contributed by atoms with Crippen LogP contribution in [0.2, 0.25) is 0 Å². The summed E-state index contributed by atoms with van der Waals surface area (Å²) < 4.78 is 0. The molecule has 0 aromatic carbocycles. The van der Waals surface area contributed by atoms with E-state index in [9.17, 15) is 0 Å². The fraction of sp³-hybridized carbons (Fsp3) is 1.00. The molecule has 2 heteroatoms. The summed E-state index contributed by atoms with van der Waals surface area (Å²) in [7, 11) is 2.23. The average molecular weight is 222 g/mol. The van der Waals surface area contributed by atoms with Gasteiger partial charge < -0.3 is 0 Å². The lowest BCUT2D eigenvalue weighted by atomic mass is 9.66. The lowest BCUT2D eigenvalue weighted by Crippen LogP contribution is -2.58. The zero-order chi connectivity index (χ0) is 11.1. The van der Waals surface area contributed by atoms with Gasteiger partial charge in [0.05, 0.1) is 13.3 Å². The first kappa shape index (κ1) is 11.0. The summed E-state index contributed by atoms with van der Waals surface area (Å²) in [5, 5.41) is 0. The second-order valence-electron chi connectivity index (χ2n) is 6.63. The van der Waals surface area contributed by atoms with Gasteiger partial charge in [0.15, 0.2) is 0 Å². The molecule has 16 heavy (non-hydrogen) atoms. The van der Waals surface area contributed by atoms with E-state index in [0.717, 1.165) is 23.8 Å². The molecule has 0 aromatic rings. The second kappa shape index (κ2) is 4.30. The van der Waals surface area contributed by atoms with Gasteiger partial charge in [-0.1, -0.05) is 13.3 Å². The van der Waals surface area contributed by atoms with E-state index in [1.165, 1.54) is 51.9 Å². The van der Waals surface area contributed by atoms with E-state index in [1.807, 2.05) is 0 Å². The van der Waals surface area contributed by atoms with Gasteiger partial charge in [-0.25, -0.2) is 0 Å². The fourth-order valence-electron chi connectivity index (χ4n) is 4.25. The summed E-state index contributed by atoms with van der Waals surface area (Å²) in [5.41, 5.74) is 0. The van der Waals surface area contributed by atoms with E-state index < -0.39 is 0 Å². The van der Waals surface area contributed by atoms with Gasteiger partial charge in [0.2, 0.25) is 0 Å². The van der Waals surface area contributed by atoms with Gasteiger partial charge in [0, 0.05) is 6.04 Å². The van der Waals surface area contributed by atoms with Gasteiger partial charge in [0.1, 0.15) is 0 Å². The van der Waals surface area contributed by atoms with Gasteiger partial charge in [-0.3, -0.25) is 9.80 Å². The van der Waals surface area contributed by atoms with Crippen molar-refractivity contribution in [3.8, 4) is 0 Å². The quantitative estimate of drug-likeness (QED) is 0.673. The lowest BCUT2D eigenvalue weighted by Gasteiger charge is -2.50. The van der Waals surface area contributed by atoms with E-state index in [2.05, 4.69) is 23.8 Å². The zero-order valence-corrected chi connectivity index (χ0v) is 10.9. The summed E-state index contributed by atoms with van der Waals surface area (Å²) in [6, 6.07) is 0.919. The fourth-order valence-corrected chi connectivity index (χ4v) is 4.25. The van der Waals surface area contributed by atoms with Gasteiger partial charge in [-0.05, 0) is 56.9 Å². The molecule has 3 rings (SSSR count). The van der Waals surface area contributed by atoms with Crippen LogP contribution >= 0.6 is 0 Å². The van der Waals surface area contributed by atoms with Crippen molar-refractivity contribution in [3.63, 3.8) is 0 Å². The van der Waals surface area contributed by atoms with Crippen LogP contribution in [0.4, 0.5) is 0 Å². The van der Waals surface area contributed by atoms with Crippen molar-refractivity contribution in [2.45, 2.75) is 51.5 Å². The van der Waals surface area contributed by atoms with Crippen LogP contribution in [0.1, 0.15) is 45.4 Å². The molecule has 3 fully saturated rings. The SMILES string of the molecule is CC1CCC2CCC(N3CN(C)C3)CC2C1. The van der Waals surface area contributed by atoms with Crippen LogP contribution in [0.3, 0.4) is 0 Å². The summed E-state index contributed by atoms with van der Waals surface area (Å²) >= 11 is 0. The number of fused-ring (bicyclic) bond motifs is 1. The van der Waals surface area contributed by atoms with Crippen molar-refractivity contribution in [3.05, 3.63) is 0 Å². The van der Waals surface area contributed by atoms with E-state index >= 15 is 0 Å². The van der Waals surface area contributed by atoms with E-state index in [-0.39, 0.29) is 0 Å². The van der Waals surface area contributed by atoms with Crippen LogP contribution in [0.5, 0.6) is 0 Å². The van der Waals surface area contributed by atoms with Gasteiger partial charge in [-0.15, -0.1) is 0 Å². The average Bonchev–Trinajstić information content (AvgIpc) is 2.24. The van der Waals surface area contributed by atoms with Crippen LogP contribution < -0.4 is 0 Å². The largest absolute Gasteiger partial charge is 0.280 e. The molecule has 0 aromatic heterocycles. The smallest absolute Gasteiger partial charge is 0.0529 e. The first-order valence-electron chi connectivity index (χ1n) is 7.15. The number of hydrogen-bond acceptors (Lipinski definition) is 2. The maximum Gasteiger partial charge on any atom is 0.0529 e. The van der Waals surface area contributed by atoms with Crippen molar-refractivity contribution in [2.75, 3.05) is 20.4 Å². The Balaban J connectivity index is 1.56. The van der Waals surface area contributed by atoms with Crippen LogP contribution in [0, 0.1) is 17.8 Å². The molecule has 4 unspecified atom stereocenters.